The second kappa shape index (κ2) is 7.26. The van der Waals surface area contributed by atoms with Gasteiger partial charge in [0.2, 0.25) is 5.91 Å². The van der Waals surface area contributed by atoms with Crippen molar-refractivity contribution < 1.29 is 4.79 Å². The summed E-state index contributed by atoms with van der Waals surface area (Å²) in [7, 11) is 0. The van der Waals surface area contributed by atoms with Crippen molar-refractivity contribution in [3.8, 4) is 0 Å². The van der Waals surface area contributed by atoms with Crippen LogP contribution in [0.5, 0.6) is 0 Å². The molecule has 0 saturated carbocycles. The molecule has 92 valence electrons. The van der Waals surface area contributed by atoms with E-state index in [1.165, 1.54) is 11.1 Å². The molecule has 1 N–H and O–H groups in total. The van der Waals surface area contributed by atoms with Gasteiger partial charge in [-0.05, 0) is 32.3 Å². The fraction of sp³-hybridized carbons (Fsp3) is 0.643. The van der Waals surface area contributed by atoms with E-state index in [2.05, 4.69) is 39.1 Å². The summed E-state index contributed by atoms with van der Waals surface area (Å²) < 4.78 is 0. The van der Waals surface area contributed by atoms with E-state index < -0.39 is 0 Å². The summed E-state index contributed by atoms with van der Waals surface area (Å²) in [5.41, 5.74) is 2.48. The smallest absolute Gasteiger partial charge is 0.220 e. The first-order valence-corrected chi connectivity index (χ1v) is 6.03. The third-order valence-electron chi connectivity index (χ3n) is 2.56. The number of nitrogens with one attached hydrogen (secondary N) is 1. The van der Waals surface area contributed by atoms with Crippen molar-refractivity contribution in [2.24, 2.45) is 5.92 Å². The molecule has 0 radical (unpaired) electrons. The molecule has 1 amide bonds. The molecular weight excluding hydrogens is 198 g/mol. The fourth-order valence-corrected chi connectivity index (χ4v) is 1.64. The lowest BCUT2D eigenvalue weighted by molar-refractivity contribution is -0.121. The number of rotatable bonds is 5. The van der Waals surface area contributed by atoms with E-state index in [9.17, 15) is 4.79 Å². The zero-order valence-electron chi connectivity index (χ0n) is 11.4. The third-order valence-corrected chi connectivity index (χ3v) is 2.56. The van der Waals surface area contributed by atoms with Gasteiger partial charge in [-0.15, -0.1) is 0 Å². The topological polar surface area (TPSA) is 29.1 Å². The maximum absolute atomic E-state index is 11.5. The maximum atomic E-state index is 11.5. The van der Waals surface area contributed by atoms with E-state index in [0.29, 0.717) is 12.3 Å². The van der Waals surface area contributed by atoms with Crippen molar-refractivity contribution in [1.29, 1.82) is 0 Å². The molecule has 0 spiro atoms. The molecule has 0 aromatic heterocycles. The van der Waals surface area contributed by atoms with Crippen molar-refractivity contribution in [2.45, 2.75) is 54.0 Å². The number of hydrogen-bond donors (Lipinski definition) is 1. The van der Waals surface area contributed by atoms with Gasteiger partial charge < -0.3 is 5.32 Å². The van der Waals surface area contributed by atoms with Crippen molar-refractivity contribution in [2.75, 3.05) is 0 Å². The van der Waals surface area contributed by atoms with E-state index in [0.717, 1.165) is 0 Å². The molecule has 0 aliphatic carbocycles. The third kappa shape index (κ3) is 4.65. The lowest BCUT2D eigenvalue weighted by Gasteiger charge is -2.25. The predicted molar refractivity (Wildman–Crippen MR) is 70.2 cm³/mol. The molecule has 1 atom stereocenters. The minimum atomic E-state index is 0.113. The molecule has 0 fully saturated rings. The number of carbonyl (C=O) groups is 1. The maximum Gasteiger partial charge on any atom is 0.220 e. The number of hydrogen-bond acceptors (Lipinski definition) is 1. The molecule has 2 nitrogen and oxygen atoms in total. The van der Waals surface area contributed by atoms with Crippen LogP contribution >= 0.6 is 0 Å². The van der Waals surface area contributed by atoms with Gasteiger partial charge in [-0.2, -0.15) is 0 Å². The van der Waals surface area contributed by atoms with Gasteiger partial charge in [0, 0.05) is 6.42 Å². The van der Waals surface area contributed by atoms with E-state index in [-0.39, 0.29) is 11.9 Å². The average molecular weight is 223 g/mol. The highest BCUT2D eigenvalue weighted by molar-refractivity contribution is 5.76. The van der Waals surface area contributed by atoms with Crippen LogP contribution in [0.4, 0.5) is 0 Å². The van der Waals surface area contributed by atoms with E-state index in [1.807, 2.05) is 19.9 Å². The normalized spacial score (nSPS) is 12.9. The van der Waals surface area contributed by atoms with Gasteiger partial charge in [-0.3, -0.25) is 4.79 Å². The Labute approximate surface area is 99.8 Å². The highest BCUT2D eigenvalue weighted by atomic mass is 16.1. The van der Waals surface area contributed by atoms with Crippen LogP contribution in [-0.2, 0) is 4.79 Å². The van der Waals surface area contributed by atoms with Crippen LogP contribution in [0.15, 0.2) is 23.3 Å². The monoisotopic (exact) mass is 223 g/mol. The summed E-state index contributed by atoms with van der Waals surface area (Å²) in [6.45, 7) is 12.3. The first-order chi connectivity index (χ1) is 7.43. The Bertz CT molecular complexity index is 283. The van der Waals surface area contributed by atoms with Gasteiger partial charge in [0.15, 0.2) is 0 Å². The Hall–Kier alpha value is -1.05. The van der Waals surface area contributed by atoms with Crippen molar-refractivity contribution in [1.82, 2.24) is 5.32 Å². The average Bonchev–Trinajstić information content (AvgIpc) is 2.22. The molecule has 2 heteroatoms. The minimum absolute atomic E-state index is 0.113. The molecule has 0 aromatic carbocycles. The quantitative estimate of drug-likeness (QED) is 0.711. The molecule has 0 heterocycles. The van der Waals surface area contributed by atoms with Gasteiger partial charge in [0.1, 0.15) is 0 Å². The molecule has 1 unspecified atom stereocenters. The van der Waals surface area contributed by atoms with Crippen LogP contribution in [0, 0.1) is 5.92 Å². The second-order valence-corrected chi connectivity index (χ2v) is 4.60. The lowest BCUT2D eigenvalue weighted by Crippen LogP contribution is -2.39. The SMILES string of the molecule is C/C=C\C(=C(C)C)C(NC(=O)CC)C(C)C. The summed E-state index contributed by atoms with van der Waals surface area (Å²) in [4.78, 5) is 11.5. The highest BCUT2D eigenvalue weighted by Gasteiger charge is 2.18. The molecular formula is C14H25NO. The Morgan fingerprint density at radius 2 is 1.88 bits per heavy atom. The largest absolute Gasteiger partial charge is 0.349 e. The van der Waals surface area contributed by atoms with E-state index in [1.54, 1.807) is 0 Å². The Morgan fingerprint density at radius 1 is 1.31 bits per heavy atom. The van der Waals surface area contributed by atoms with Gasteiger partial charge >= 0.3 is 0 Å². The van der Waals surface area contributed by atoms with Gasteiger partial charge in [-0.1, -0.05) is 38.5 Å². The van der Waals surface area contributed by atoms with Gasteiger partial charge in [0.25, 0.3) is 0 Å². The molecule has 0 aromatic rings. The Kier molecular flexibility index (Phi) is 6.78. The zero-order chi connectivity index (χ0) is 12.7. The fourth-order valence-electron chi connectivity index (χ4n) is 1.64. The van der Waals surface area contributed by atoms with Gasteiger partial charge in [0.05, 0.1) is 6.04 Å². The number of amides is 1. The van der Waals surface area contributed by atoms with E-state index >= 15 is 0 Å². The van der Waals surface area contributed by atoms with Crippen LogP contribution in [0.25, 0.3) is 0 Å². The lowest BCUT2D eigenvalue weighted by atomic mass is 9.92. The molecule has 0 aliphatic heterocycles. The summed E-state index contributed by atoms with van der Waals surface area (Å²) >= 11 is 0. The van der Waals surface area contributed by atoms with Crippen LogP contribution < -0.4 is 5.32 Å². The standard InChI is InChI=1S/C14H25NO/c1-7-9-12(10(3)4)14(11(5)6)15-13(16)8-2/h7,9,11,14H,8H2,1-6H3,(H,15,16)/b9-7-. The molecule has 16 heavy (non-hydrogen) atoms. The van der Waals surface area contributed by atoms with Crippen LogP contribution in [0.2, 0.25) is 0 Å². The van der Waals surface area contributed by atoms with E-state index in [4.69, 9.17) is 0 Å². The van der Waals surface area contributed by atoms with Crippen LogP contribution in [0.3, 0.4) is 0 Å². The minimum Gasteiger partial charge on any atom is -0.349 e. The Balaban J connectivity index is 5.02. The van der Waals surface area contributed by atoms with Crippen LogP contribution in [0.1, 0.15) is 48.0 Å². The molecule has 0 rings (SSSR count). The number of carbonyl (C=O) groups excluding carboxylic acids is 1. The second-order valence-electron chi connectivity index (χ2n) is 4.60. The van der Waals surface area contributed by atoms with Crippen molar-refractivity contribution in [3.63, 3.8) is 0 Å². The van der Waals surface area contributed by atoms with Gasteiger partial charge in [-0.25, -0.2) is 0 Å². The molecule has 0 bridgehead atoms. The summed E-state index contributed by atoms with van der Waals surface area (Å²) in [5, 5.41) is 3.08. The predicted octanol–water partition coefficient (Wildman–Crippen LogP) is 3.45. The van der Waals surface area contributed by atoms with Crippen molar-refractivity contribution >= 4 is 5.91 Å². The summed E-state index contributed by atoms with van der Waals surface area (Å²) in [6.07, 6.45) is 4.65. The molecule has 0 saturated heterocycles. The van der Waals surface area contributed by atoms with Crippen LogP contribution in [-0.4, -0.2) is 11.9 Å². The summed E-state index contributed by atoms with van der Waals surface area (Å²) in [6, 6.07) is 0.119. The first kappa shape index (κ1) is 14.9. The van der Waals surface area contributed by atoms with Crippen molar-refractivity contribution in [3.05, 3.63) is 23.3 Å². The highest BCUT2D eigenvalue weighted by Crippen LogP contribution is 2.17. The molecule has 0 aliphatic rings. The first-order valence-electron chi connectivity index (χ1n) is 6.03. The zero-order valence-corrected chi connectivity index (χ0v) is 11.4. The summed E-state index contributed by atoms with van der Waals surface area (Å²) in [5.74, 6) is 0.513. The Morgan fingerprint density at radius 3 is 2.19 bits per heavy atom. The number of allylic oxidation sites excluding steroid dienone is 2.